The molecule has 1 unspecified atom stereocenters. The van der Waals surface area contributed by atoms with E-state index in [0.29, 0.717) is 42.8 Å². The maximum absolute atomic E-state index is 14.8. The van der Waals surface area contributed by atoms with Crippen LogP contribution in [0.25, 0.3) is 22.0 Å². The average molecular weight is 972 g/mol. The molecule has 13 heteroatoms. The van der Waals surface area contributed by atoms with Crippen LogP contribution in [0.4, 0.5) is 19.3 Å². The van der Waals surface area contributed by atoms with Crippen LogP contribution in [0.1, 0.15) is 101 Å². The van der Waals surface area contributed by atoms with Gasteiger partial charge in [-0.25, -0.2) is 13.6 Å². The number of pyridine rings is 2. The molecule has 7 rings (SSSR count). The van der Waals surface area contributed by atoms with Crippen LogP contribution >= 0.6 is 0 Å². The maximum Gasteiger partial charge on any atom is 0.412 e. The number of amides is 1. The summed E-state index contributed by atoms with van der Waals surface area (Å²) >= 11 is 0. The predicted molar refractivity (Wildman–Crippen MR) is 280 cm³/mol. The Morgan fingerprint density at radius 1 is 0.857 bits per heavy atom. The summed E-state index contributed by atoms with van der Waals surface area (Å²) in [5.74, 6) is -0.971. The van der Waals surface area contributed by atoms with Crippen LogP contribution in [-0.4, -0.2) is 73.0 Å². The summed E-state index contributed by atoms with van der Waals surface area (Å²) in [6.45, 7) is 17.0. The van der Waals surface area contributed by atoms with Crippen molar-refractivity contribution in [2.24, 2.45) is 0 Å². The summed E-state index contributed by atoms with van der Waals surface area (Å²) < 4.78 is 48.4. The van der Waals surface area contributed by atoms with Crippen LogP contribution < -0.4 is 15.6 Å². The van der Waals surface area contributed by atoms with Gasteiger partial charge in [0.25, 0.3) is 0 Å². The summed E-state index contributed by atoms with van der Waals surface area (Å²) in [6, 6.07) is 33.7. The lowest BCUT2D eigenvalue weighted by Crippen LogP contribution is -2.44. The number of hydrogen-bond acceptors (Lipinski definition) is 8. The number of rotatable bonds is 23. The molecule has 1 fully saturated rings. The Morgan fingerprint density at radius 2 is 1.54 bits per heavy atom. The lowest BCUT2D eigenvalue weighted by Gasteiger charge is -2.41. The van der Waals surface area contributed by atoms with Gasteiger partial charge in [0.2, 0.25) is 5.56 Å². The second kappa shape index (κ2) is 24.9. The number of nitrogens with one attached hydrogen (secondary N) is 2. The van der Waals surface area contributed by atoms with Gasteiger partial charge in [0.1, 0.15) is 30.1 Å². The monoisotopic (exact) mass is 972 g/mol. The van der Waals surface area contributed by atoms with Crippen molar-refractivity contribution >= 4 is 31.0 Å². The standard InChI is InChI=1S/C57H71F2N5O5Si/c1-57(2,3)70(4,5)69-52(47-25-27-51(55-48(47)26-28-53(65)61-55)67-41-43-22-15-12-16-23-43)40-64(39-42-20-13-11-14-21-42)33-18-10-8-6-7-9-17-32-63-34-29-46(30-35-63)68-56(66)62-54-49(36-45(58)37-50(54)59)44-24-19-31-60-38-44/h11-16,19-28,31,36-38,46,52H,6-10,17-18,29-30,32-35,39-41H2,1-5H3,(H,61,65)(H,62,66). The van der Waals surface area contributed by atoms with E-state index in [1.807, 2.05) is 42.5 Å². The van der Waals surface area contributed by atoms with Crippen molar-refractivity contribution in [3.8, 4) is 16.9 Å². The molecular weight excluding hydrogens is 901 g/mol. The van der Waals surface area contributed by atoms with Gasteiger partial charge < -0.3 is 23.8 Å². The van der Waals surface area contributed by atoms with Crippen LogP contribution in [0.5, 0.6) is 5.75 Å². The normalized spacial score (nSPS) is 14.2. The third kappa shape index (κ3) is 14.9. The Labute approximate surface area is 413 Å². The number of carbonyl (C=O) groups is 1. The zero-order valence-electron chi connectivity index (χ0n) is 41.7. The fourth-order valence-electron chi connectivity index (χ4n) is 8.97. The molecule has 0 aliphatic carbocycles. The van der Waals surface area contributed by atoms with Gasteiger partial charge >= 0.3 is 6.09 Å². The van der Waals surface area contributed by atoms with Crippen molar-refractivity contribution in [1.82, 2.24) is 19.8 Å². The molecule has 2 N–H and O–H groups in total. The van der Waals surface area contributed by atoms with Gasteiger partial charge in [-0.15, -0.1) is 0 Å². The predicted octanol–water partition coefficient (Wildman–Crippen LogP) is 13.5. The zero-order valence-corrected chi connectivity index (χ0v) is 42.7. The highest BCUT2D eigenvalue weighted by molar-refractivity contribution is 6.74. The van der Waals surface area contributed by atoms with E-state index in [1.54, 1.807) is 24.4 Å². The number of anilines is 1. The minimum atomic E-state index is -2.26. The van der Waals surface area contributed by atoms with E-state index in [4.69, 9.17) is 13.9 Å². The summed E-state index contributed by atoms with van der Waals surface area (Å²) in [5, 5.41) is 3.45. The van der Waals surface area contributed by atoms with Gasteiger partial charge in [-0.3, -0.25) is 20.0 Å². The fourth-order valence-corrected chi connectivity index (χ4v) is 10.2. The maximum atomic E-state index is 14.8. The number of benzene rings is 4. The van der Waals surface area contributed by atoms with Crippen molar-refractivity contribution in [1.29, 1.82) is 0 Å². The van der Waals surface area contributed by atoms with E-state index in [0.717, 1.165) is 74.6 Å². The number of aromatic nitrogens is 2. The SMILES string of the molecule is CC(C)(C)[Si](C)(C)OC(CN(CCCCCCCCCN1CCC(OC(=O)Nc2c(F)cc(F)cc2-c2cccnc2)CC1)Cc1ccccc1)c1ccc(OCc2ccccc2)c2[nH]c(=O)ccc12. The third-order valence-corrected chi connectivity index (χ3v) is 18.4. The van der Waals surface area contributed by atoms with Crippen molar-refractivity contribution in [2.75, 3.05) is 38.0 Å². The largest absolute Gasteiger partial charge is 0.487 e. The minimum Gasteiger partial charge on any atom is -0.487 e. The average Bonchev–Trinajstić information content (AvgIpc) is 3.34. The third-order valence-electron chi connectivity index (χ3n) is 13.9. The lowest BCUT2D eigenvalue weighted by atomic mass is 10.0. The Kier molecular flexibility index (Phi) is 18.5. The van der Waals surface area contributed by atoms with Gasteiger partial charge in [-0.2, -0.15) is 0 Å². The number of fused-ring (bicyclic) bond motifs is 1. The molecule has 1 aliphatic heterocycles. The lowest BCUT2D eigenvalue weighted by molar-refractivity contribution is 0.0584. The molecule has 4 aromatic carbocycles. The molecule has 1 atom stereocenters. The molecule has 3 heterocycles. The molecule has 0 saturated carbocycles. The number of H-pyrrole nitrogens is 1. The first-order valence-corrected chi connectivity index (χ1v) is 28.0. The van der Waals surface area contributed by atoms with E-state index < -0.39 is 26.0 Å². The van der Waals surface area contributed by atoms with E-state index in [1.165, 1.54) is 43.5 Å². The number of carbonyl (C=O) groups excluding carboxylic acids is 1. The molecule has 0 spiro atoms. The molecule has 70 heavy (non-hydrogen) atoms. The molecule has 10 nitrogen and oxygen atoms in total. The number of halogens is 2. The molecule has 2 aromatic heterocycles. The summed E-state index contributed by atoms with van der Waals surface area (Å²) in [5.41, 5.74) is 4.46. The molecular formula is C57H71F2N5O5Si. The molecule has 0 radical (unpaired) electrons. The number of piperidine rings is 1. The Balaban J connectivity index is 0.885. The first-order valence-electron chi connectivity index (χ1n) is 25.1. The van der Waals surface area contributed by atoms with Crippen molar-refractivity contribution in [2.45, 2.75) is 122 Å². The molecule has 0 bridgehead atoms. The van der Waals surface area contributed by atoms with Crippen LogP contribution in [0.3, 0.4) is 0 Å². The summed E-state index contributed by atoms with van der Waals surface area (Å²) in [7, 11) is -2.26. The Morgan fingerprint density at radius 3 is 2.23 bits per heavy atom. The van der Waals surface area contributed by atoms with E-state index in [2.05, 4.69) is 95.3 Å². The van der Waals surface area contributed by atoms with Crippen LogP contribution in [-0.2, 0) is 22.3 Å². The highest BCUT2D eigenvalue weighted by Crippen LogP contribution is 2.42. The Hall–Kier alpha value is -5.73. The first-order chi connectivity index (χ1) is 33.7. The van der Waals surface area contributed by atoms with Crippen LogP contribution in [0.15, 0.2) is 126 Å². The Bertz CT molecular complexity index is 2640. The number of ether oxygens (including phenoxy) is 2. The molecule has 1 saturated heterocycles. The van der Waals surface area contributed by atoms with Crippen molar-refractivity contribution in [3.05, 3.63) is 160 Å². The summed E-state index contributed by atoms with van der Waals surface area (Å²) in [4.78, 5) is 37.8. The number of hydrogen-bond donors (Lipinski definition) is 2. The number of aromatic amines is 1. The smallest absolute Gasteiger partial charge is 0.412 e. The number of unbranched alkanes of at least 4 members (excludes halogenated alkanes) is 6. The van der Waals surface area contributed by atoms with E-state index in [9.17, 15) is 18.4 Å². The quantitative estimate of drug-likeness (QED) is 0.0483. The zero-order chi connectivity index (χ0) is 49.5. The second-order valence-corrected chi connectivity index (χ2v) is 25.0. The topological polar surface area (TPSA) is 109 Å². The van der Waals surface area contributed by atoms with Gasteiger partial charge in [-0.05, 0) is 97.9 Å². The van der Waals surface area contributed by atoms with E-state index in [-0.39, 0.29) is 34.1 Å². The van der Waals surface area contributed by atoms with Crippen LogP contribution in [0.2, 0.25) is 18.1 Å². The van der Waals surface area contributed by atoms with Crippen molar-refractivity contribution < 1.29 is 27.5 Å². The molecule has 372 valence electrons. The number of nitrogens with zero attached hydrogens (tertiary/aromatic N) is 3. The minimum absolute atomic E-state index is 0.00539. The highest BCUT2D eigenvalue weighted by atomic mass is 28.4. The van der Waals surface area contributed by atoms with Gasteiger partial charge in [0, 0.05) is 67.2 Å². The molecule has 1 aliphatic rings. The second-order valence-electron chi connectivity index (χ2n) is 20.2. The van der Waals surface area contributed by atoms with Crippen LogP contribution in [0, 0.1) is 11.6 Å². The molecule has 1 amide bonds. The molecule has 6 aromatic rings. The van der Waals surface area contributed by atoms with Crippen molar-refractivity contribution in [3.63, 3.8) is 0 Å². The fraction of sp³-hybridized carbons (Fsp3) is 0.421. The number of likely N-dealkylation sites (tertiary alicyclic amines) is 1. The van der Waals surface area contributed by atoms with Gasteiger partial charge in [0.15, 0.2) is 8.32 Å². The van der Waals surface area contributed by atoms with Gasteiger partial charge in [-0.1, -0.05) is 126 Å². The first kappa shape index (κ1) is 52.1. The van der Waals surface area contributed by atoms with Gasteiger partial charge in [0.05, 0.1) is 17.3 Å². The summed E-state index contributed by atoms with van der Waals surface area (Å²) in [6.07, 6.45) is 11.3. The van der Waals surface area contributed by atoms with E-state index >= 15 is 0 Å². The highest BCUT2D eigenvalue weighted by Gasteiger charge is 2.40.